The van der Waals surface area contributed by atoms with E-state index in [2.05, 4.69) is 5.32 Å². The first-order chi connectivity index (χ1) is 9.90. The van der Waals surface area contributed by atoms with Crippen molar-refractivity contribution >= 4 is 5.69 Å². The summed E-state index contributed by atoms with van der Waals surface area (Å²) in [6.07, 6.45) is 0. The monoisotopic (exact) mass is 292 g/mol. The van der Waals surface area contributed by atoms with Crippen LogP contribution in [0, 0.1) is 29.8 Å². The lowest BCUT2D eigenvalue weighted by Gasteiger charge is -2.13. The molecule has 21 heavy (non-hydrogen) atoms. The van der Waals surface area contributed by atoms with Gasteiger partial charge in [-0.05, 0) is 26.8 Å². The summed E-state index contributed by atoms with van der Waals surface area (Å²) in [6, 6.07) is 6.06. The molecular formula is C15H17FN2O3. The number of aryl methyl sites for hydroxylation is 2. The van der Waals surface area contributed by atoms with Crippen LogP contribution in [-0.4, -0.2) is 4.92 Å². The summed E-state index contributed by atoms with van der Waals surface area (Å²) in [6.45, 7) is 5.88. The largest absolute Gasteiger partial charge is 0.466 e. The fraction of sp³-hybridized carbons (Fsp3) is 0.333. The Morgan fingerprint density at radius 1 is 1.43 bits per heavy atom. The molecule has 0 spiro atoms. The quantitative estimate of drug-likeness (QED) is 0.672. The molecule has 5 nitrogen and oxygen atoms in total. The molecule has 0 radical (unpaired) electrons. The molecule has 0 saturated carbocycles. The van der Waals surface area contributed by atoms with Crippen molar-refractivity contribution in [1.29, 1.82) is 0 Å². The summed E-state index contributed by atoms with van der Waals surface area (Å²) in [5.74, 6) is 0.840. The van der Waals surface area contributed by atoms with E-state index in [0.29, 0.717) is 0 Å². The van der Waals surface area contributed by atoms with Crippen LogP contribution in [0.5, 0.6) is 0 Å². The lowest BCUT2D eigenvalue weighted by atomic mass is 10.1. The van der Waals surface area contributed by atoms with E-state index in [0.717, 1.165) is 23.2 Å². The number of nitrogens with one attached hydrogen (secondary N) is 1. The van der Waals surface area contributed by atoms with E-state index >= 15 is 0 Å². The predicted molar refractivity (Wildman–Crippen MR) is 76.5 cm³/mol. The number of nitro benzene ring substituents is 1. The zero-order valence-electron chi connectivity index (χ0n) is 12.1. The third kappa shape index (κ3) is 3.28. The van der Waals surface area contributed by atoms with Crippen molar-refractivity contribution in [1.82, 2.24) is 5.32 Å². The highest BCUT2D eigenvalue weighted by Crippen LogP contribution is 2.23. The van der Waals surface area contributed by atoms with E-state index in [1.807, 2.05) is 26.8 Å². The highest BCUT2D eigenvalue weighted by Gasteiger charge is 2.18. The number of hydrogen-bond donors (Lipinski definition) is 1. The summed E-state index contributed by atoms with van der Waals surface area (Å²) >= 11 is 0. The molecule has 6 heteroatoms. The van der Waals surface area contributed by atoms with E-state index in [4.69, 9.17) is 4.42 Å². The maximum absolute atomic E-state index is 14.0. The molecule has 1 aromatic heterocycles. The summed E-state index contributed by atoms with van der Waals surface area (Å²) in [7, 11) is 0. The molecular weight excluding hydrogens is 275 g/mol. The van der Waals surface area contributed by atoms with Crippen molar-refractivity contribution in [2.75, 3.05) is 0 Å². The summed E-state index contributed by atoms with van der Waals surface area (Å²) in [5.41, 5.74) is 0.768. The van der Waals surface area contributed by atoms with Gasteiger partial charge in [-0.15, -0.1) is 0 Å². The van der Waals surface area contributed by atoms with Crippen molar-refractivity contribution < 1.29 is 13.7 Å². The minimum Gasteiger partial charge on any atom is -0.466 e. The SMILES string of the molecule is Cc1cc(C(C)NCc2cccc([N+](=O)[O-])c2F)c(C)o1. The number of furan rings is 1. The fourth-order valence-electron chi connectivity index (χ4n) is 2.30. The zero-order chi connectivity index (χ0) is 15.6. The van der Waals surface area contributed by atoms with Gasteiger partial charge in [0, 0.05) is 29.8 Å². The van der Waals surface area contributed by atoms with Crippen molar-refractivity contribution in [3.63, 3.8) is 0 Å². The Morgan fingerprint density at radius 2 is 2.14 bits per heavy atom. The van der Waals surface area contributed by atoms with Crippen molar-refractivity contribution in [3.05, 3.63) is 62.8 Å². The highest BCUT2D eigenvalue weighted by atomic mass is 19.1. The van der Waals surface area contributed by atoms with Gasteiger partial charge in [0.2, 0.25) is 5.82 Å². The Morgan fingerprint density at radius 3 is 2.71 bits per heavy atom. The number of rotatable bonds is 5. The Kier molecular flexibility index (Phi) is 4.37. The summed E-state index contributed by atoms with van der Waals surface area (Å²) in [4.78, 5) is 10.00. The third-order valence-electron chi connectivity index (χ3n) is 3.40. The standard InChI is InChI=1S/C15H17FN2O3/c1-9-7-13(11(3)21-9)10(2)17-8-12-5-4-6-14(15(12)16)18(19)20/h4-7,10,17H,8H2,1-3H3. The van der Waals surface area contributed by atoms with E-state index in [-0.39, 0.29) is 18.2 Å². The van der Waals surface area contributed by atoms with Gasteiger partial charge in [-0.3, -0.25) is 10.1 Å². The molecule has 0 aliphatic carbocycles. The molecule has 1 aromatic carbocycles. The maximum atomic E-state index is 14.0. The lowest BCUT2D eigenvalue weighted by Crippen LogP contribution is -2.19. The van der Waals surface area contributed by atoms with Crippen LogP contribution in [0.1, 0.15) is 35.6 Å². The first kappa shape index (κ1) is 15.2. The predicted octanol–water partition coefficient (Wildman–Crippen LogP) is 3.79. The van der Waals surface area contributed by atoms with Gasteiger partial charge in [-0.1, -0.05) is 12.1 Å². The van der Waals surface area contributed by atoms with Crippen LogP contribution in [-0.2, 0) is 6.54 Å². The molecule has 1 unspecified atom stereocenters. The number of hydrogen-bond acceptors (Lipinski definition) is 4. The van der Waals surface area contributed by atoms with E-state index in [1.165, 1.54) is 12.1 Å². The van der Waals surface area contributed by atoms with Crippen LogP contribution in [0.15, 0.2) is 28.7 Å². The van der Waals surface area contributed by atoms with Crippen molar-refractivity contribution in [2.45, 2.75) is 33.4 Å². The van der Waals surface area contributed by atoms with Gasteiger partial charge >= 0.3 is 5.69 Å². The number of nitrogens with zero attached hydrogens (tertiary/aromatic N) is 1. The molecule has 0 aliphatic heterocycles. The minimum absolute atomic E-state index is 0.0406. The molecule has 0 aliphatic rings. The molecule has 1 atom stereocenters. The van der Waals surface area contributed by atoms with Crippen LogP contribution in [0.2, 0.25) is 0 Å². The minimum atomic E-state index is -0.790. The van der Waals surface area contributed by atoms with E-state index in [9.17, 15) is 14.5 Å². The van der Waals surface area contributed by atoms with Crippen LogP contribution in [0.25, 0.3) is 0 Å². The van der Waals surface area contributed by atoms with Gasteiger partial charge in [0.05, 0.1) is 4.92 Å². The molecule has 0 fully saturated rings. The number of nitro groups is 1. The molecule has 112 valence electrons. The van der Waals surface area contributed by atoms with Gasteiger partial charge in [-0.25, -0.2) is 0 Å². The van der Waals surface area contributed by atoms with Crippen molar-refractivity contribution in [3.8, 4) is 0 Å². The Balaban J connectivity index is 2.11. The van der Waals surface area contributed by atoms with Gasteiger partial charge in [0.15, 0.2) is 0 Å². The van der Waals surface area contributed by atoms with Crippen LogP contribution in [0.3, 0.4) is 0 Å². The highest BCUT2D eigenvalue weighted by molar-refractivity contribution is 5.36. The van der Waals surface area contributed by atoms with Crippen molar-refractivity contribution in [2.24, 2.45) is 0 Å². The molecule has 2 aromatic rings. The number of benzene rings is 1. The lowest BCUT2D eigenvalue weighted by molar-refractivity contribution is -0.387. The smallest absolute Gasteiger partial charge is 0.305 e. The van der Waals surface area contributed by atoms with E-state index in [1.54, 1.807) is 0 Å². The van der Waals surface area contributed by atoms with Crippen LogP contribution >= 0.6 is 0 Å². The zero-order valence-corrected chi connectivity index (χ0v) is 12.1. The molecule has 1 N–H and O–H groups in total. The average Bonchev–Trinajstić information content (AvgIpc) is 2.76. The molecule has 0 bridgehead atoms. The van der Waals surface area contributed by atoms with Gasteiger partial charge in [-0.2, -0.15) is 4.39 Å². The first-order valence-electron chi connectivity index (χ1n) is 6.62. The molecule has 2 rings (SSSR count). The third-order valence-corrected chi connectivity index (χ3v) is 3.40. The molecule has 0 saturated heterocycles. The van der Waals surface area contributed by atoms with Crippen LogP contribution in [0.4, 0.5) is 10.1 Å². The normalized spacial score (nSPS) is 12.4. The van der Waals surface area contributed by atoms with Gasteiger partial charge < -0.3 is 9.73 Å². The van der Waals surface area contributed by atoms with E-state index < -0.39 is 16.4 Å². The van der Waals surface area contributed by atoms with Gasteiger partial charge in [0.1, 0.15) is 11.5 Å². The van der Waals surface area contributed by atoms with Gasteiger partial charge in [0.25, 0.3) is 0 Å². The Labute approximate surface area is 121 Å². The molecule has 0 amide bonds. The topological polar surface area (TPSA) is 68.3 Å². The first-order valence-corrected chi connectivity index (χ1v) is 6.62. The number of halogens is 1. The Hall–Kier alpha value is -2.21. The second kappa shape index (κ2) is 6.05. The second-order valence-corrected chi connectivity index (χ2v) is 4.98. The van der Waals surface area contributed by atoms with Crippen LogP contribution < -0.4 is 5.32 Å². The molecule has 1 heterocycles. The maximum Gasteiger partial charge on any atom is 0.305 e. The fourth-order valence-corrected chi connectivity index (χ4v) is 2.30. The average molecular weight is 292 g/mol. The Bertz CT molecular complexity index is 667. The summed E-state index contributed by atoms with van der Waals surface area (Å²) < 4.78 is 19.4. The second-order valence-electron chi connectivity index (χ2n) is 4.98. The summed E-state index contributed by atoms with van der Waals surface area (Å²) in [5, 5.41) is 13.9.